The van der Waals surface area contributed by atoms with E-state index in [0.29, 0.717) is 11.4 Å². The van der Waals surface area contributed by atoms with Crippen LogP contribution >= 0.6 is 22.9 Å². The molecule has 1 aliphatic heterocycles. The Balaban J connectivity index is 2.15. The van der Waals surface area contributed by atoms with Crippen LogP contribution in [-0.4, -0.2) is 17.9 Å². The molecule has 0 saturated carbocycles. The summed E-state index contributed by atoms with van der Waals surface area (Å²) in [5.41, 5.74) is 0.638. The molecule has 1 aromatic rings. The van der Waals surface area contributed by atoms with Crippen LogP contribution < -0.4 is 13.6 Å². The molecule has 1 unspecified atom stereocenters. The maximum absolute atomic E-state index is 11.6. The molecular formula is C10H9IN2O3. The first-order chi connectivity index (χ1) is 7.70. The van der Waals surface area contributed by atoms with Gasteiger partial charge in [-0.1, -0.05) is 12.1 Å². The van der Waals surface area contributed by atoms with Gasteiger partial charge in [0.05, 0.1) is 35.0 Å². The lowest BCUT2D eigenvalue weighted by atomic mass is 10.1. The number of fused-ring (bicyclic) bond motifs is 1. The minimum Gasteiger partial charge on any atom is -0.478 e. The van der Waals surface area contributed by atoms with Crippen molar-refractivity contribution in [3.63, 3.8) is 0 Å². The summed E-state index contributed by atoms with van der Waals surface area (Å²) in [5.74, 6) is 0.0622. The largest absolute Gasteiger partial charge is 0.478 e. The second-order valence-corrected chi connectivity index (χ2v) is 3.85. The van der Waals surface area contributed by atoms with E-state index in [1.807, 2.05) is 6.07 Å². The number of nitrogens with one attached hydrogen (secondary N) is 2. The SMILES string of the molecule is O=C(CC1Oc2ccccc2NC1=O)NI. The van der Waals surface area contributed by atoms with E-state index in [1.54, 1.807) is 41.1 Å². The summed E-state index contributed by atoms with van der Waals surface area (Å²) in [5, 5.41) is 2.69. The Kier molecular flexibility index (Phi) is 3.28. The summed E-state index contributed by atoms with van der Waals surface area (Å²) in [6.07, 6.45) is -0.743. The predicted octanol–water partition coefficient (Wildman–Crippen LogP) is 1.24. The van der Waals surface area contributed by atoms with Gasteiger partial charge in [-0.15, -0.1) is 0 Å². The van der Waals surface area contributed by atoms with Gasteiger partial charge in [-0.2, -0.15) is 0 Å². The van der Waals surface area contributed by atoms with Crippen LogP contribution in [0.15, 0.2) is 24.3 Å². The Labute approximate surface area is 106 Å². The van der Waals surface area contributed by atoms with E-state index in [0.717, 1.165) is 0 Å². The Morgan fingerprint density at radius 1 is 1.50 bits per heavy atom. The minimum absolute atomic E-state index is 0.0170. The van der Waals surface area contributed by atoms with Gasteiger partial charge in [-0.3, -0.25) is 13.1 Å². The average Bonchev–Trinajstić information content (AvgIpc) is 2.30. The zero-order valence-corrected chi connectivity index (χ0v) is 10.4. The standard InChI is InChI=1S/C10H9IN2O3/c11-13-9(14)5-8-10(15)12-6-3-1-2-4-7(6)16-8/h1-4,8H,5H2,(H,12,15)(H,13,14). The van der Waals surface area contributed by atoms with E-state index in [9.17, 15) is 9.59 Å². The molecule has 84 valence electrons. The highest BCUT2D eigenvalue weighted by Gasteiger charge is 2.29. The van der Waals surface area contributed by atoms with Crippen LogP contribution in [0.25, 0.3) is 0 Å². The summed E-state index contributed by atoms with van der Waals surface area (Å²) in [6.45, 7) is 0. The van der Waals surface area contributed by atoms with E-state index in [2.05, 4.69) is 8.85 Å². The van der Waals surface area contributed by atoms with Crippen molar-refractivity contribution in [2.45, 2.75) is 12.5 Å². The number of carbonyl (C=O) groups is 2. The Hall–Kier alpha value is -1.31. The molecule has 0 spiro atoms. The zero-order valence-electron chi connectivity index (χ0n) is 8.20. The number of rotatable bonds is 2. The van der Waals surface area contributed by atoms with Gasteiger partial charge in [0.15, 0.2) is 6.10 Å². The lowest BCUT2D eigenvalue weighted by molar-refractivity contribution is -0.129. The van der Waals surface area contributed by atoms with Gasteiger partial charge < -0.3 is 10.1 Å². The number of hydrogen-bond acceptors (Lipinski definition) is 3. The Morgan fingerprint density at radius 3 is 3.00 bits per heavy atom. The van der Waals surface area contributed by atoms with Crippen molar-refractivity contribution in [3.8, 4) is 5.75 Å². The lowest BCUT2D eigenvalue weighted by Gasteiger charge is -2.24. The van der Waals surface area contributed by atoms with E-state index < -0.39 is 6.10 Å². The first-order valence-electron chi connectivity index (χ1n) is 4.66. The highest BCUT2D eigenvalue weighted by Crippen LogP contribution is 2.29. The number of halogens is 1. The third-order valence-corrected chi connectivity index (χ3v) is 2.78. The van der Waals surface area contributed by atoms with Gasteiger partial charge >= 0.3 is 0 Å². The number of ether oxygens (including phenoxy) is 1. The summed E-state index contributed by atoms with van der Waals surface area (Å²) >= 11 is 1.73. The fraction of sp³-hybridized carbons (Fsp3) is 0.200. The highest BCUT2D eigenvalue weighted by atomic mass is 127. The van der Waals surface area contributed by atoms with Gasteiger partial charge in [0.2, 0.25) is 5.91 Å². The summed E-state index contributed by atoms with van der Waals surface area (Å²) in [4.78, 5) is 22.7. The number of amides is 2. The van der Waals surface area contributed by atoms with Crippen LogP contribution in [0.2, 0.25) is 0 Å². The molecule has 6 heteroatoms. The molecule has 0 aromatic heterocycles. The normalized spacial score (nSPS) is 18.1. The third-order valence-electron chi connectivity index (χ3n) is 2.18. The average molecular weight is 332 g/mol. The minimum atomic E-state index is -0.760. The third kappa shape index (κ3) is 2.26. The van der Waals surface area contributed by atoms with E-state index >= 15 is 0 Å². The van der Waals surface area contributed by atoms with Gasteiger partial charge in [0.25, 0.3) is 5.91 Å². The molecule has 2 amide bonds. The van der Waals surface area contributed by atoms with Crippen molar-refractivity contribution in [1.29, 1.82) is 0 Å². The zero-order chi connectivity index (χ0) is 11.5. The second kappa shape index (κ2) is 4.69. The number of benzene rings is 1. The van der Waals surface area contributed by atoms with Crippen LogP contribution in [0.4, 0.5) is 5.69 Å². The molecule has 1 aromatic carbocycles. The fourth-order valence-corrected chi connectivity index (χ4v) is 1.65. The summed E-state index contributed by atoms with van der Waals surface area (Å²) in [7, 11) is 0. The van der Waals surface area contributed by atoms with Crippen molar-refractivity contribution >= 4 is 40.4 Å². The lowest BCUT2D eigenvalue weighted by Crippen LogP contribution is -2.39. The van der Waals surface area contributed by atoms with Gasteiger partial charge in [0.1, 0.15) is 5.75 Å². The summed E-state index contributed by atoms with van der Waals surface area (Å²) in [6, 6.07) is 7.12. The molecule has 1 aliphatic rings. The van der Waals surface area contributed by atoms with Gasteiger partial charge in [0, 0.05) is 0 Å². The Morgan fingerprint density at radius 2 is 2.25 bits per heavy atom. The quantitative estimate of drug-likeness (QED) is 0.633. The van der Waals surface area contributed by atoms with Crippen LogP contribution in [0.3, 0.4) is 0 Å². The van der Waals surface area contributed by atoms with Crippen LogP contribution in [-0.2, 0) is 9.59 Å². The number of carbonyl (C=O) groups excluding carboxylic acids is 2. The van der Waals surface area contributed by atoms with E-state index in [1.165, 1.54) is 0 Å². The Bertz CT molecular complexity index is 436. The molecule has 0 bridgehead atoms. The first-order valence-corrected chi connectivity index (χ1v) is 5.74. The van der Waals surface area contributed by atoms with Crippen LogP contribution in [0, 0.1) is 0 Å². The smallest absolute Gasteiger partial charge is 0.266 e. The van der Waals surface area contributed by atoms with Crippen molar-refractivity contribution in [2.24, 2.45) is 0 Å². The van der Waals surface area contributed by atoms with Crippen molar-refractivity contribution < 1.29 is 14.3 Å². The molecule has 1 heterocycles. The number of anilines is 1. The molecule has 0 saturated heterocycles. The second-order valence-electron chi connectivity index (χ2n) is 3.31. The maximum atomic E-state index is 11.6. The number of para-hydroxylation sites is 2. The molecule has 0 fully saturated rings. The maximum Gasteiger partial charge on any atom is 0.266 e. The predicted molar refractivity (Wildman–Crippen MR) is 66.3 cm³/mol. The molecule has 1 atom stereocenters. The molecule has 0 aliphatic carbocycles. The molecule has 5 nitrogen and oxygen atoms in total. The van der Waals surface area contributed by atoms with Crippen LogP contribution in [0.1, 0.15) is 6.42 Å². The molecule has 2 rings (SSSR count). The molecular weight excluding hydrogens is 323 g/mol. The first kappa shape index (κ1) is 11.2. The number of hydrogen-bond donors (Lipinski definition) is 2. The van der Waals surface area contributed by atoms with Crippen molar-refractivity contribution in [3.05, 3.63) is 24.3 Å². The molecule has 2 N–H and O–H groups in total. The van der Waals surface area contributed by atoms with Crippen molar-refractivity contribution in [2.75, 3.05) is 5.32 Å². The fourth-order valence-electron chi connectivity index (χ4n) is 1.43. The van der Waals surface area contributed by atoms with E-state index in [-0.39, 0.29) is 18.2 Å². The van der Waals surface area contributed by atoms with Gasteiger partial charge in [-0.25, -0.2) is 0 Å². The highest BCUT2D eigenvalue weighted by molar-refractivity contribution is 14.1. The van der Waals surface area contributed by atoms with E-state index in [4.69, 9.17) is 4.74 Å². The van der Waals surface area contributed by atoms with Crippen LogP contribution in [0.5, 0.6) is 5.75 Å². The van der Waals surface area contributed by atoms with Gasteiger partial charge in [-0.05, 0) is 12.1 Å². The molecule has 16 heavy (non-hydrogen) atoms. The topological polar surface area (TPSA) is 67.4 Å². The molecule has 0 radical (unpaired) electrons. The monoisotopic (exact) mass is 332 g/mol. The summed E-state index contributed by atoms with van der Waals surface area (Å²) < 4.78 is 7.87. The van der Waals surface area contributed by atoms with Crippen molar-refractivity contribution in [1.82, 2.24) is 3.53 Å².